The highest BCUT2D eigenvalue weighted by atomic mass is 16.2. The van der Waals surface area contributed by atoms with Gasteiger partial charge in [0.2, 0.25) is 0 Å². The van der Waals surface area contributed by atoms with E-state index in [9.17, 15) is 4.79 Å². The van der Waals surface area contributed by atoms with Crippen LogP contribution in [0.3, 0.4) is 0 Å². The maximum Gasteiger partial charge on any atom is 0.272 e. The maximum atomic E-state index is 13.1. The Labute approximate surface area is 162 Å². The third-order valence-electron chi connectivity index (χ3n) is 6.08. The zero-order chi connectivity index (χ0) is 18.6. The van der Waals surface area contributed by atoms with Crippen LogP contribution in [-0.2, 0) is 13.0 Å². The first kappa shape index (κ1) is 18.3. The molecule has 4 nitrogen and oxygen atoms in total. The highest BCUT2D eigenvalue weighted by Gasteiger charge is 2.26. The second-order valence-corrected chi connectivity index (χ2v) is 8.22. The highest BCUT2D eigenvalue weighted by Crippen LogP contribution is 2.28. The predicted molar refractivity (Wildman–Crippen MR) is 109 cm³/mol. The van der Waals surface area contributed by atoms with Crippen LogP contribution >= 0.6 is 0 Å². The van der Waals surface area contributed by atoms with Crippen molar-refractivity contribution in [3.63, 3.8) is 0 Å². The van der Waals surface area contributed by atoms with Crippen molar-refractivity contribution >= 4 is 5.91 Å². The Hall–Kier alpha value is -2.10. The molecule has 1 aromatic heterocycles. The SMILES string of the molecule is Cc1ccc(-c2nc(C(=O)NC3CCCCCC3)c3n2CCCCC3)cc1. The molecule has 1 amide bonds. The summed E-state index contributed by atoms with van der Waals surface area (Å²) in [4.78, 5) is 18.0. The van der Waals surface area contributed by atoms with Gasteiger partial charge in [-0.1, -0.05) is 61.9 Å². The quantitative estimate of drug-likeness (QED) is 0.775. The van der Waals surface area contributed by atoms with E-state index in [0.717, 1.165) is 55.7 Å². The highest BCUT2D eigenvalue weighted by molar-refractivity contribution is 5.94. The minimum atomic E-state index is 0.0333. The van der Waals surface area contributed by atoms with E-state index in [1.54, 1.807) is 0 Å². The summed E-state index contributed by atoms with van der Waals surface area (Å²) in [7, 11) is 0. The fraction of sp³-hybridized carbons (Fsp3) is 0.565. The molecule has 0 bridgehead atoms. The number of carbonyl (C=O) groups is 1. The van der Waals surface area contributed by atoms with E-state index < -0.39 is 0 Å². The van der Waals surface area contributed by atoms with Gasteiger partial charge in [-0.05, 0) is 39.0 Å². The first-order valence-electron chi connectivity index (χ1n) is 10.7. The minimum absolute atomic E-state index is 0.0333. The molecule has 1 N–H and O–H groups in total. The second kappa shape index (κ2) is 8.28. The third-order valence-corrected chi connectivity index (χ3v) is 6.08. The van der Waals surface area contributed by atoms with Crippen LogP contribution in [0.4, 0.5) is 0 Å². The summed E-state index contributed by atoms with van der Waals surface area (Å²) in [5.41, 5.74) is 4.15. The maximum absolute atomic E-state index is 13.1. The first-order chi connectivity index (χ1) is 13.2. The smallest absolute Gasteiger partial charge is 0.272 e. The molecule has 2 aliphatic rings. The molecule has 1 aliphatic heterocycles. The Kier molecular flexibility index (Phi) is 5.61. The molecule has 2 aromatic rings. The van der Waals surface area contributed by atoms with Crippen LogP contribution in [0.1, 0.15) is 79.5 Å². The lowest BCUT2D eigenvalue weighted by molar-refractivity contribution is 0.0927. The van der Waals surface area contributed by atoms with Crippen LogP contribution in [0.25, 0.3) is 11.4 Å². The minimum Gasteiger partial charge on any atom is -0.348 e. The number of carbonyl (C=O) groups excluding carboxylic acids is 1. The molecular formula is C23H31N3O. The lowest BCUT2D eigenvalue weighted by Gasteiger charge is -2.16. The van der Waals surface area contributed by atoms with Crippen molar-refractivity contribution in [3.05, 3.63) is 41.2 Å². The van der Waals surface area contributed by atoms with Crippen LogP contribution in [0.15, 0.2) is 24.3 Å². The van der Waals surface area contributed by atoms with Gasteiger partial charge < -0.3 is 9.88 Å². The van der Waals surface area contributed by atoms with Crippen molar-refractivity contribution in [2.24, 2.45) is 0 Å². The fourth-order valence-electron chi connectivity index (χ4n) is 4.50. The van der Waals surface area contributed by atoms with Crippen molar-refractivity contribution in [2.75, 3.05) is 0 Å². The van der Waals surface area contributed by atoms with Gasteiger partial charge in [0, 0.05) is 18.2 Å². The number of hydrogen-bond donors (Lipinski definition) is 1. The Morgan fingerprint density at radius 2 is 1.70 bits per heavy atom. The van der Waals surface area contributed by atoms with E-state index in [0.29, 0.717) is 11.7 Å². The molecule has 1 aromatic carbocycles. The van der Waals surface area contributed by atoms with Crippen molar-refractivity contribution in [1.29, 1.82) is 0 Å². The van der Waals surface area contributed by atoms with E-state index >= 15 is 0 Å². The molecule has 0 atom stereocenters. The van der Waals surface area contributed by atoms with Crippen molar-refractivity contribution < 1.29 is 4.79 Å². The Balaban J connectivity index is 1.65. The number of benzene rings is 1. The molecule has 4 heteroatoms. The number of aryl methyl sites for hydroxylation is 1. The zero-order valence-electron chi connectivity index (χ0n) is 16.5. The third kappa shape index (κ3) is 4.10. The fourth-order valence-corrected chi connectivity index (χ4v) is 4.50. The van der Waals surface area contributed by atoms with Gasteiger partial charge in [0.15, 0.2) is 0 Å². The Morgan fingerprint density at radius 3 is 2.44 bits per heavy atom. The zero-order valence-corrected chi connectivity index (χ0v) is 16.5. The molecule has 0 unspecified atom stereocenters. The average molecular weight is 366 g/mol. The Bertz CT molecular complexity index is 783. The van der Waals surface area contributed by atoms with Gasteiger partial charge in [0.1, 0.15) is 11.5 Å². The molecule has 0 saturated heterocycles. The number of nitrogens with one attached hydrogen (secondary N) is 1. The van der Waals surface area contributed by atoms with Crippen LogP contribution in [0.2, 0.25) is 0 Å². The van der Waals surface area contributed by atoms with E-state index in [1.165, 1.54) is 37.7 Å². The number of fused-ring (bicyclic) bond motifs is 1. The molecule has 0 radical (unpaired) electrons. The predicted octanol–water partition coefficient (Wildman–Crippen LogP) is 5.04. The normalized spacial score (nSPS) is 18.4. The van der Waals surface area contributed by atoms with E-state index in [1.807, 2.05) is 0 Å². The van der Waals surface area contributed by atoms with Gasteiger partial charge in [-0.3, -0.25) is 4.79 Å². The van der Waals surface area contributed by atoms with Crippen LogP contribution < -0.4 is 5.32 Å². The molecule has 1 aliphatic carbocycles. The van der Waals surface area contributed by atoms with Crippen LogP contribution in [0.5, 0.6) is 0 Å². The summed E-state index contributed by atoms with van der Waals surface area (Å²) < 4.78 is 2.31. The molecule has 1 saturated carbocycles. The standard InChI is InChI=1S/C23H31N3O/c1-17-12-14-18(15-13-17)22-25-21(20-11-7-4-8-16-26(20)22)23(27)24-19-9-5-2-3-6-10-19/h12-15,19H,2-11,16H2,1H3,(H,24,27). The number of rotatable bonds is 3. The van der Waals surface area contributed by atoms with E-state index in [4.69, 9.17) is 4.98 Å². The summed E-state index contributed by atoms with van der Waals surface area (Å²) in [6.07, 6.45) is 11.7. The summed E-state index contributed by atoms with van der Waals surface area (Å²) in [6.45, 7) is 3.06. The van der Waals surface area contributed by atoms with Crippen molar-refractivity contribution in [1.82, 2.24) is 14.9 Å². The van der Waals surface area contributed by atoms with Gasteiger partial charge in [-0.2, -0.15) is 0 Å². The van der Waals surface area contributed by atoms with Crippen molar-refractivity contribution in [2.45, 2.75) is 83.7 Å². The number of aromatic nitrogens is 2. The van der Waals surface area contributed by atoms with Crippen molar-refractivity contribution in [3.8, 4) is 11.4 Å². The second-order valence-electron chi connectivity index (χ2n) is 8.22. The summed E-state index contributed by atoms with van der Waals surface area (Å²) in [5.74, 6) is 0.990. The van der Waals surface area contributed by atoms with Gasteiger partial charge in [0.05, 0.1) is 5.69 Å². The summed E-state index contributed by atoms with van der Waals surface area (Å²) in [5, 5.41) is 3.30. The molecular weight excluding hydrogens is 334 g/mol. The molecule has 2 heterocycles. The number of imidazole rings is 1. The van der Waals surface area contributed by atoms with Crippen LogP contribution in [-0.4, -0.2) is 21.5 Å². The van der Waals surface area contributed by atoms with E-state index in [2.05, 4.69) is 41.1 Å². The summed E-state index contributed by atoms with van der Waals surface area (Å²) >= 11 is 0. The largest absolute Gasteiger partial charge is 0.348 e. The lowest BCUT2D eigenvalue weighted by Crippen LogP contribution is -2.35. The van der Waals surface area contributed by atoms with Crippen LogP contribution in [0, 0.1) is 6.92 Å². The number of nitrogens with zero attached hydrogens (tertiary/aromatic N) is 2. The van der Waals surface area contributed by atoms with E-state index in [-0.39, 0.29) is 5.91 Å². The topological polar surface area (TPSA) is 46.9 Å². The average Bonchev–Trinajstić information content (AvgIpc) is 2.87. The number of hydrogen-bond acceptors (Lipinski definition) is 2. The molecule has 1 fully saturated rings. The van der Waals surface area contributed by atoms with Gasteiger partial charge in [-0.15, -0.1) is 0 Å². The Morgan fingerprint density at radius 1 is 1.00 bits per heavy atom. The molecule has 0 spiro atoms. The van der Waals surface area contributed by atoms with Gasteiger partial charge in [-0.25, -0.2) is 4.98 Å². The summed E-state index contributed by atoms with van der Waals surface area (Å²) in [6, 6.07) is 8.81. The first-order valence-corrected chi connectivity index (χ1v) is 10.7. The lowest BCUT2D eigenvalue weighted by atomic mass is 10.1. The molecule has 4 rings (SSSR count). The van der Waals surface area contributed by atoms with Gasteiger partial charge in [0.25, 0.3) is 5.91 Å². The number of amides is 1. The molecule has 144 valence electrons. The molecule has 27 heavy (non-hydrogen) atoms. The van der Waals surface area contributed by atoms with Gasteiger partial charge >= 0.3 is 0 Å². The monoisotopic (exact) mass is 365 g/mol.